The smallest absolute Gasteiger partial charge is 0.323 e. The zero-order valence-corrected chi connectivity index (χ0v) is 14.1. The second kappa shape index (κ2) is 6.96. The Bertz CT molecular complexity index is 705. The SMILES string of the molecule is COc1cccc(C2SCCN2C(=O)Nc2ccccc2C)c1. The van der Waals surface area contributed by atoms with Crippen LogP contribution in [0.25, 0.3) is 0 Å². The van der Waals surface area contributed by atoms with Crippen LogP contribution in [0.15, 0.2) is 48.5 Å². The summed E-state index contributed by atoms with van der Waals surface area (Å²) in [5, 5.41) is 3.05. The second-order valence-corrected chi connectivity index (χ2v) is 6.63. The van der Waals surface area contributed by atoms with Crippen LogP contribution in [0.5, 0.6) is 5.75 Å². The minimum atomic E-state index is -0.0582. The maximum atomic E-state index is 12.7. The highest BCUT2D eigenvalue weighted by Crippen LogP contribution is 2.39. The summed E-state index contributed by atoms with van der Waals surface area (Å²) in [4.78, 5) is 14.6. The quantitative estimate of drug-likeness (QED) is 0.914. The van der Waals surface area contributed by atoms with Gasteiger partial charge in [-0.15, -0.1) is 11.8 Å². The fourth-order valence-corrected chi connectivity index (χ4v) is 3.89. The number of benzene rings is 2. The number of carbonyl (C=O) groups excluding carboxylic acids is 1. The Labute approximate surface area is 140 Å². The first-order chi connectivity index (χ1) is 11.2. The third-order valence-electron chi connectivity index (χ3n) is 3.92. The van der Waals surface area contributed by atoms with E-state index in [1.807, 2.05) is 60.4 Å². The number of ether oxygens (including phenoxy) is 1. The molecule has 1 fully saturated rings. The Hall–Kier alpha value is -2.14. The molecule has 0 aromatic heterocycles. The first-order valence-electron chi connectivity index (χ1n) is 7.58. The van der Waals surface area contributed by atoms with Crippen molar-refractivity contribution in [1.29, 1.82) is 0 Å². The van der Waals surface area contributed by atoms with Crippen molar-refractivity contribution < 1.29 is 9.53 Å². The molecule has 2 aromatic carbocycles. The van der Waals surface area contributed by atoms with Gasteiger partial charge >= 0.3 is 6.03 Å². The van der Waals surface area contributed by atoms with E-state index in [9.17, 15) is 4.79 Å². The Balaban J connectivity index is 1.78. The zero-order chi connectivity index (χ0) is 16.2. The molecule has 0 bridgehead atoms. The molecule has 0 aliphatic carbocycles. The molecule has 120 valence electrons. The first kappa shape index (κ1) is 15.7. The van der Waals surface area contributed by atoms with Gasteiger partial charge in [-0.05, 0) is 36.2 Å². The van der Waals surface area contributed by atoms with Gasteiger partial charge in [-0.2, -0.15) is 0 Å². The van der Waals surface area contributed by atoms with E-state index in [1.54, 1.807) is 18.9 Å². The molecule has 1 aliphatic heterocycles. The fourth-order valence-electron chi connectivity index (χ4n) is 2.65. The van der Waals surface area contributed by atoms with Crippen molar-refractivity contribution in [2.45, 2.75) is 12.3 Å². The van der Waals surface area contributed by atoms with Gasteiger partial charge in [0.05, 0.1) is 7.11 Å². The van der Waals surface area contributed by atoms with Gasteiger partial charge in [-0.25, -0.2) is 4.79 Å². The van der Waals surface area contributed by atoms with Crippen LogP contribution in [0.4, 0.5) is 10.5 Å². The number of thioether (sulfide) groups is 1. The second-order valence-electron chi connectivity index (χ2n) is 5.44. The van der Waals surface area contributed by atoms with Crippen LogP contribution in [0.3, 0.4) is 0 Å². The molecular weight excluding hydrogens is 308 g/mol. The van der Waals surface area contributed by atoms with Crippen LogP contribution >= 0.6 is 11.8 Å². The summed E-state index contributed by atoms with van der Waals surface area (Å²) in [7, 11) is 1.66. The molecule has 5 heteroatoms. The molecule has 3 rings (SSSR count). The van der Waals surface area contributed by atoms with Crippen molar-refractivity contribution in [3.05, 3.63) is 59.7 Å². The molecule has 23 heavy (non-hydrogen) atoms. The molecule has 0 spiro atoms. The predicted molar refractivity (Wildman–Crippen MR) is 95.1 cm³/mol. The highest BCUT2D eigenvalue weighted by molar-refractivity contribution is 7.99. The normalized spacial score (nSPS) is 17.1. The number of urea groups is 1. The van der Waals surface area contributed by atoms with E-state index in [-0.39, 0.29) is 11.4 Å². The minimum Gasteiger partial charge on any atom is -0.497 e. The molecule has 1 aliphatic rings. The van der Waals surface area contributed by atoms with Gasteiger partial charge in [0.25, 0.3) is 0 Å². The number of rotatable bonds is 3. The van der Waals surface area contributed by atoms with Crippen LogP contribution < -0.4 is 10.1 Å². The van der Waals surface area contributed by atoms with E-state index in [2.05, 4.69) is 5.32 Å². The van der Waals surface area contributed by atoms with Crippen LogP contribution in [0.2, 0.25) is 0 Å². The number of hydrogen-bond acceptors (Lipinski definition) is 3. The average molecular weight is 328 g/mol. The number of aryl methyl sites for hydroxylation is 1. The largest absolute Gasteiger partial charge is 0.497 e. The van der Waals surface area contributed by atoms with Gasteiger partial charge in [0, 0.05) is 18.0 Å². The van der Waals surface area contributed by atoms with Crippen molar-refractivity contribution in [2.24, 2.45) is 0 Å². The monoisotopic (exact) mass is 328 g/mol. The first-order valence-corrected chi connectivity index (χ1v) is 8.63. The minimum absolute atomic E-state index is 0.0223. The third kappa shape index (κ3) is 3.45. The van der Waals surface area contributed by atoms with Gasteiger partial charge < -0.3 is 15.0 Å². The van der Waals surface area contributed by atoms with Crippen LogP contribution in [-0.2, 0) is 0 Å². The lowest BCUT2D eigenvalue weighted by molar-refractivity contribution is 0.214. The maximum Gasteiger partial charge on any atom is 0.323 e. The van der Waals surface area contributed by atoms with E-state index in [1.165, 1.54) is 0 Å². The summed E-state index contributed by atoms with van der Waals surface area (Å²) in [5.74, 6) is 1.75. The predicted octanol–water partition coefficient (Wildman–Crippen LogP) is 4.28. The van der Waals surface area contributed by atoms with E-state index < -0.39 is 0 Å². The van der Waals surface area contributed by atoms with E-state index >= 15 is 0 Å². The lowest BCUT2D eigenvalue weighted by Crippen LogP contribution is -2.34. The van der Waals surface area contributed by atoms with E-state index in [0.29, 0.717) is 0 Å². The topological polar surface area (TPSA) is 41.6 Å². The van der Waals surface area contributed by atoms with E-state index in [0.717, 1.165) is 34.9 Å². The Kier molecular flexibility index (Phi) is 4.76. The summed E-state index contributed by atoms with van der Waals surface area (Å²) in [6.07, 6.45) is 0. The van der Waals surface area contributed by atoms with Crippen molar-refractivity contribution >= 4 is 23.5 Å². The van der Waals surface area contributed by atoms with Crippen LogP contribution in [0.1, 0.15) is 16.5 Å². The molecule has 1 atom stereocenters. The van der Waals surface area contributed by atoms with Gasteiger partial charge in [-0.3, -0.25) is 0 Å². The molecule has 1 saturated heterocycles. The summed E-state index contributed by atoms with van der Waals surface area (Å²) in [5.41, 5.74) is 3.01. The standard InChI is InChI=1S/C18H20N2O2S/c1-13-6-3-4-9-16(13)19-18(21)20-10-11-23-17(20)14-7-5-8-15(12-14)22-2/h3-9,12,17H,10-11H2,1-2H3,(H,19,21). The molecular formula is C18H20N2O2S. The van der Waals surface area contributed by atoms with Crippen molar-refractivity contribution in [1.82, 2.24) is 4.90 Å². The Morgan fingerprint density at radius 3 is 2.87 bits per heavy atom. The highest BCUT2D eigenvalue weighted by atomic mass is 32.2. The van der Waals surface area contributed by atoms with Gasteiger partial charge in [-0.1, -0.05) is 30.3 Å². The number of carbonyl (C=O) groups is 1. The maximum absolute atomic E-state index is 12.7. The molecule has 2 amide bonds. The lowest BCUT2D eigenvalue weighted by atomic mass is 10.2. The molecule has 4 nitrogen and oxygen atoms in total. The summed E-state index contributed by atoms with van der Waals surface area (Å²) in [6, 6.07) is 15.7. The van der Waals surface area contributed by atoms with Crippen molar-refractivity contribution in [3.63, 3.8) is 0 Å². The number of nitrogens with one attached hydrogen (secondary N) is 1. The van der Waals surface area contributed by atoms with Crippen LogP contribution in [0, 0.1) is 6.92 Å². The van der Waals surface area contributed by atoms with Crippen molar-refractivity contribution in [3.8, 4) is 5.75 Å². The molecule has 1 N–H and O–H groups in total. The number of hydrogen-bond donors (Lipinski definition) is 1. The molecule has 1 unspecified atom stereocenters. The third-order valence-corrected chi connectivity index (χ3v) is 5.18. The molecule has 2 aromatic rings. The Morgan fingerprint density at radius 2 is 2.09 bits per heavy atom. The van der Waals surface area contributed by atoms with Gasteiger partial charge in [0.1, 0.15) is 11.1 Å². The van der Waals surface area contributed by atoms with Crippen LogP contribution in [-0.4, -0.2) is 30.3 Å². The number of nitrogens with zero attached hydrogens (tertiary/aromatic N) is 1. The molecule has 0 radical (unpaired) electrons. The summed E-state index contributed by atoms with van der Waals surface area (Å²) in [6.45, 7) is 2.73. The van der Waals surface area contributed by atoms with Crippen molar-refractivity contribution in [2.75, 3.05) is 24.7 Å². The lowest BCUT2D eigenvalue weighted by Gasteiger charge is -2.25. The van der Waals surface area contributed by atoms with Gasteiger partial charge in [0.15, 0.2) is 0 Å². The zero-order valence-electron chi connectivity index (χ0n) is 13.3. The van der Waals surface area contributed by atoms with Gasteiger partial charge in [0.2, 0.25) is 0 Å². The fraction of sp³-hybridized carbons (Fsp3) is 0.278. The Morgan fingerprint density at radius 1 is 1.26 bits per heavy atom. The average Bonchev–Trinajstić information content (AvgIpc) is 3.07. The number of methoxy groups -OCH3 is 1. The molecule has 1 heterocycles. The molecule has 0 saturated carbocycles. The van der Waals surface area contributed by atoms with E-state index in [4.69, 9.17) is 4.74 Å². The number of anilines is 1. The number of amides is 2. The number of para-hydroxylation sites is 1. The summed E-state index contributed by atoms with van der Waals surface area (Å²) >= 11 is 1.78. The highest BCUT2D eigenvalue weighted by Gasteiger charge is 2.31. The summed E-state index contributed by atoms with van der Waals surface area (Å²) < 4.78 is 5.29.